The largest absolute Gasteiger partial charge is 0.497 e. The smallest absolute Gasteiger partial charge is 0.408 e. The Labute approximate surface area is 344 Å². The van der Waals surface area contributed by atoms with Gasteiger partial charge in [0.2, 0.25) is 10.0 Å². The summed E-state index contributed by atoms with van der Waals surface area (Å²) in [5.74, 6) is -2.37. The summed E-state index contributed by atoms with van der Waals surface area (Å²) >= 11 is 10.1. The number of benzene rings is 4. The number of sulfonamides is 1. The van der Waals surface area contributed by atoms with Crippen LogP contribution in [0.15, 0.2) is 82.1 Å². The number of amides is 1. The van der Waals surface area contributed by atoms with Gasteiger partial charge in [-0.3, -0.25) is 14.8 Å². The summed E-state index contributed by atoms with van der Waals surface area (Å²) in [5.41, 5.74) is -2.22. The number of anilines is 1. The average Bonchev–Trinajstić information content (AvgIpc) is 3.11. The number of methoxy groups -OCH3 is 1. The minimum absolute atomic E-state index is 0.0171. The third kappa shape index (κ3) is 10.6. The summed E-state index contributed by atoms with van der Waals surface area (Å²) in [6.45, 7) is 3.37. The molecule has 1 aromatic heterocycles. The first-order chi connectivity index (χ1) is 27.1. The molecule has 1 amide bonds. The monoisotopic (exact) mass is 908 g/mol. The highest BCUT2D eigenvalue weighted by Crippen LogP contribution is 2.35. The maximum Gasteiger partial charge on any atom is 0.408 e. The Morgan fingerprint density at radius 2 is 1.67 bits per heavy atom. The fourth-order valence-corrected chi connectivity index (χ4v) is 7.39. The number of hydrogen-bond donors (Lipinski definition) is 3. The molecule has 1 unspecified atom stereocenters. The first-order valence-corrected chi connectivity index (χ1v) is 20.4. The number of aromatic nitrogens is 2. The van der Waals surface area contributed by atoms with Crippen LogP contribution in [0.5, 0.6) is 5.75 Å². The van der Waals surface area contributed by atoms with Crippen molar-refractivity contribution in [3.05, 3.63) is 127 Å². The van der Waals surface area contributed by atoms with Crippen LogP contribution < -0.4 is 20.9 Å². The van der Waals surface area contributed by atoms with Gasteiger partial charge in [0.1, 0.15) is 34.6 Å². The first-order valence-electron chi connectivity index (χ1n) is 17.4. The van der Waals surface area contributed by atoms with E-state index in [1.54, 1.807) is 51.1 Å². The quantitative estimate of drug-likeness (QED) is 0.0605. The molecule has 0 spiro atoms. The van der Waals surface area contributed by atoms with E-state index in [9.17, 15) is 41.0 Å². The minimum atomic E-state index is -4.27. The Morgan fingerprint density at radius 1 is 1.02 bits per heavy atom. The van der Waals surface area contributed by atoms with E-state index in [2.05, 4.69) is 26.6 Å². The number of fused-ring (bicyclic) bond motifs is 1. The molecule has 12 nitrogen and oxygen atoms in total. The van der Waals surface area contributed by atoms with Crippen molar-refractivity contribution in [2.75, 3.05) is 25.2 Å². The SMILES string of the molecule is COc1ccc(CN(C(=N)c2c(Cl)ccc(-n3c(C(Cc4cc(F)cc(F)c4)NC(=O)OC(C)(C)C)nc4cc(Br)ccc4c3=O)c2NCC(F)F)S(C)(=O)=O)cc1. The Balaban J connectivity index is 1.82. The van der Waals surface area contributed by atoms with Crippen LogP contribution in [-0.2, 0) is 27.7 Å². The van der Waals surface area contributed by atoms with Gasteiger partial charge in [-0.05, 0) is 86.5 Å². The van der Waals surface area contributed by atoms with Crippen LogP contribution >= 0.6 is 27.5 Å². The highest BCUT2D eigenvalue weighted by Gasteiger charge is 2.31. The van der Waals surface area contributed by atoms with Crippen molar-refractivity contribution in [3.8, 4) is 11.4 Å². The molecule has 0 aliphatic heterocycles. The summed E-state index contributed by atoms with van der Waals surface area (Å²) < 4.78 is 96.6. The number of alkyl carbamates (subject to hydrolysis) is 1. The van der Waals surface area contributed by atoms with Crippen LogP contribution in [0.1, 0.15) is 49.3 Å². The lowest BCUT2D eigenvalue weighted by atomic mass is 10.0. The third-order valence-corrected chi connectivity index (χ3v) is 10.3. The number of nitrogens with one attached hydrogen (secondary N) is 3. The number of carbonyl (C=O) groups is 1. The highest BCUT2D eigenvalue weighted by molar-refractivity contribution is 9.10. The molecule has 1 heterocycles. The molecule has 0 saturated heterocycles. The maximum atomic E-state index is 14.7. The van der Waals surface area contributed by atoms with E-state index >= 15 is 0 Å². The second-order valence-electron chi connectivity index (χ2n) is 14.0. The Kier molecular flexibility index (Phi) is 13.4. The van der Waals surface area contributed by atoms with E-state index in [4.69, 9.17) is 26.1 Å². The van der Waals surface area contributed by atoms with Gasteiger partial charge in [-0.2, -0.15) is 0 Å². The normalized spacial score (nSPS) is 12.3. The third-order valence-electron chi connectivity index (χ3n) is 8.40. The van der Waals surface area contributed by atoms with Crippen molar-refractivity contribution in [2.45, 2.75) is 51.8 Å². The first kappa shape index (κ1) is 43.9. The van der Waals surface area contributed by atoms with Crippen molar-refractivity contribution >= 4 is 66.1 Å². The number of rotatable bonds is 13. The number of carbonyl (C=O) groups excluding carboxylic acids is 1. The van der Waals surface area contributed by atoms with Crippen LogP contribution in [0.3, 0.4) is 0 Å². The molecule has 3 N–H and O–H groups in total. The van der Waals surface area contributed by atoms with Gasteiger partial charge in [-0.15, -0.1) is 0 Å². The molecule has 5 aromatic rings. The zero-order valence-electron chi connectivity index (χ0n) is 31.7. The van der Waals surface area contributed by atoms with Gasteiger partial charge >= 0.3 is 6.09 Å². The summed E-state index contributed by atoms with van der Waals surface area (Å²) in [6, 6.07) is 14.6. The Hall–Kier alpha value is -5.20. The predicted octanol–water partition coefficient (Wildman–Crippen LogP) is 8.36. The number of halogens is 6. The van der Waals surface area contributed by atoms with Gasteiger partial charge in [0, 0.05) is 17.0 Å². The van der Waals surface area contributed by atoms with Crippen molar-refractivity contribution in [1.29, 1.82) is 5.41 Å². The molecular formula is C39H38BrClF4N6O6S. The summed E-state index contributed by atoms with van der Waals surface area (Å²) in [6.07, 6.45) is -3.52. The summed E-state index contributed by atoms with van der Waals surface area (Å²) in [4.78, 5) is 32.9. The zero-order valence-corrected chi connectivity index (χ0v) is 34.8. The standard InChI is InChI=1S/C39H38BrClF4N6O6S/c1-39(2,3)57-38(53)49-30(16-22-14-24(42)18-25(43)15-22)36-48-29-17-23(40)8-11-27(29)37(52)51(36)31-13-12-28(41)33(34(31)47-19-32(44)45)35(46)50(58(5,54)55)20-21-6-9-26(56-4)10-7-21/h6-15,17-18,30,32,46-47H,16,19-20H2,1-5H3,(H,49,53). The molecule has 0 aliphatic rings. The molecule has 0 saturated carbocycles. The molecule has 0 radical (unpaired) electrons. The van der Waals surface area contributed by atoms with Crippen molar-refractivity contribution in [3.63, 3.8) is 0 Å². The molecule has 4 aromatic carbocycles. The predicted molar refractivity (Wildman–Crippen MR) is 217 cm³/mol. The topological polar surface area (TPSA) is 156 Å². The zero-order chi connectivity index (χ0) is 42.7. The molecule has 58 heavy (non-hydrogen) atoms. The van der Waals surface area contributed by atoms with Gasteiger partial charge in [-0.25, -0.2) is 40.1 Å². The molecule has 1 atom stereocenters. The second-order valence-corrected chi connectivity index (χ2v) is 17.2. The molecular weight excluding hydrogens is 872 g/mol. The molecule has 308 valence electrons. The van der Waals surface area contributed by atoms with E-state index in [-0.39, 0.29) is 57.2 Å². The minimum Gasteiger partial charge on any atom is -0.497 e. The van der Waals surface area contributed by atoms with Gasteiger partial charge in [0.15, 0.2) is 0 Å². The second kappa shape index (κ2) is 17.7. The summed E-state index contributed by atoms with van der Waals surface area (Å²) in [5, 5.41) is 14.2. The van der Waals surface area contributed by atoms with Crippen molar-refractivity contribution in [1.82, 2.24) is 19.2 Å². The van der Waals surface area contributed by atoms with Gasteiger partial charge in [-0.1, -0.05) is 39.7 Å². The lowest BCUT2D eigenvalue weighted by Gasteiger charge is -2.28. The van der Waals surface area contributed by atoms with Gasteiger partial charge < -0.3 is 20.1 Å². The number of amidine groups is 1. The van der Waals surface area contributed by atoms with E-state index in [1.165, 1.54) is 31.4 Å². The summed E-state index contributed by atoms with van der Waals surface area (Å²) in [7, 11) is -2.81. The molecule has 0 bridgehead atoms. The molecule has 5 rings (SSSR count). The Morgan fingerprint density at radius 3 is 2.26 bits per heavy atom. The fourth-order valence-electron chi connectivity index (χ4n) is 5.99. The Bertz CT molecular complexity index is 2520. The van der Waals surface area contributed by atoms with E-state index in [0.717, 1.165) is 23.0 Å². The average molecular weight is 910 g/mol. The van der Waals surface area contributed by atoms with Crippen LogP contribution in [0.4, 0.5) is 28.0 Å². The lowest BCUT2D eigenvalue weighted by Crippen LogP contribution is -2.39. The van der Waals surface area contributed by atoms with Gasteiger partial charge in [0.25, 0.3) is 12.0 Å². The fraction of sp³-hybridized carbons (Fsp3) is 0.282. The highest BCUT2D eigenvalue weighted by atomic mass is 79.9. The maximum absolute atomic E-state index is 14.7. The van der Waals surface area contributed by atoms with Crippen molar-refractivity contribution in [2.24, 2.45) is 0 Å². The van der Waals surface area contributed by atoms with E-state index in [1.807, 2.05) is 0 Å². The van der Waals surface area contributed by atoms with Crippen LogP contribution in [0.25, 0.3) is 16.6 Å². The van der Waals surface area contributed by atoms with Gasteiger partial charge in [0.05, 0.1) is 65.4 Å². The number of nitrogens with zero attached hydrogens (tertiary/aromatic N) is 3. The van der Waals surface area contributed by atoms with E-state index in [0.29, 0.717) is 26.2 Å². The van der Waals surface area contributed by atoms with Crippen LogP contribution in [-0.4, -0.2) is 66.1 Å². The molecule has 0 fully saturated rings. The molecule has 0 aliphatic carbocycles. The number of alkyl halides is 2. The number of ether oxygens (including phenoxy) is 2. The van der Waals surface area contributed by atoms with Crippen LogP contribution in [0.2, 0.25) is 5.02 Å². The van der Waals surface area contributed by atoms with Crippen molar-refractivity contribution < 1.29 is 40.2 Å². The van der Waals surface area contributed by atoms with E-state index < -0.39 is 63.8 Å². The van der Waals surface area contributed by atoms with Crippen LogP contribution in [0, 0.1) is 17.0 Å². The molecule has 19 heteroatoms. The number of hydrogen-bond acceptors (Lipinski definition) is 9. The lowest BCUT2D eigenvalue weighted by molar-refractivity contribution is 0.0500.